The third-order valence-electron chi connectivity index (χ3n) is 4.66. The van der Waals surface area contributed by atoms with Gasteiger partial charge in [0.1, 0.15) is 11.6 Å². The Morgan fingerprint density at radius 1 is 1.19 bits per heavy atom. The molecule has 21 heavy (non-hydrogen) atoms. The zero-order valence-electron chi connectivity index (χ0n) is 14.1. The Labute approximate surface area is 128 Å². The topological polar surface area (TPSA) is 47.0 Å². The molecule has 1 aromatic rings. The van der Waals surface area contributed by atoms with Crippen LogP contribution < -0.4 is 5.32 Å². The van der Waals surface area contributed by atoms with Gasteiger partial charge < -0.3 is 10.1 Å². The van der Waals surface area contributed by atoms with Crippen LogP contribution in [0.15, 0.2) is 6.07 Å². The van der Waals surface area contributed by atoms with Crippen LogP contribution in [-0.2, 0) is 11.3 Å². The van der Waals surface area contributed by atoms with Gasteiger partial charge in [-0.15, -0.1) is 0 Å². The minimum absolute atomic E-state index is 0.417. The SMILES string of the molecule is CNc1cc(COC)nc(C2CCC(C(C)(C)C)CC2)n1. The maximum absolute atomic E-state index is 5.21. The lowest BCUT2D eigenvalue weighted by Gasteiger charge is -2.36. The molecule has 1 N–H and O–H groups in total. The van der Waals surface area contributed by atoms with Gasteiger partial charge in [-0.25, -0.2) is 9.97 Å². The summed E-state index contributed by atoms with van der Waals surface area (Å²) in [6.07, 6.45) is 4.95. The Morgan fingerprint density at radius 3 is 2.38 bits per heavy atom. The number of nitrogens with zero attached hydrogens (tertiary/aromatic N) is 2. The Balaban J connectivity index is 2.10. The fourth-order valence-electron chi connectivity index (χ4n) is 3.27. The molecule has 0 atom stereocenters. The molecule has 0 amide bonds. The molecule has 4 heteroatoms. The number of aromatic nitrogens is 2. The van der Waals surface area contributed by atoms with E-state index in [1.54, 1.807) is 7.11 Å². The molecule has 1 aromatic heterocycles. The molecular formula is C17H29N3O. The summed E-state index contributed by atoms with van der Waals surface area (Å²) in [5.41, 5.74) is 1.38. The van der Waals surface area contributed by atoms with Crippen LogP contribution in [0.25, 0.3) is 0 Å². The van der Waals surface area contributed by atoms with Gasteiger partial charge in [-0.05, 0) is 37.0 Å². The third-order valence-corrected chi connectivity index (χ3v) is 4.66. The van der Waals surface area contributed by atoms with Crippen molar-refractivity contribution in [2.45, 2.75) is 59.0 Å². The zero-order valence-corrected chi connectivity index (χ0v) is 14.1. The van der Waals surface area contributed by atoms with E-state index in [1.165, 1.54) is 25.7 Å². The highest BCUT2D eigenvalue weighted by Crippen LogP contribution is 2.42. The van der Waals surface area contributed by atoms with Crippen molar-refractivity contribution in [1.82, 2.24) is 9.97 Å². The number of hydrogen-bond acceptors (Lipinski definition) is 4. The van der Waals surface area contributed by atoms with Crippen molar-refractivity contribution >= 4 is 5.82 Å². The van der Waals surface area contributed by atoms with E-state index in [4.69, 9.17) is 9.72 Å². The Kier molecular flexibility index (Phi) is 5.20. The van der Waals surface area contributed by atoms with Gasteiger partial charge in [0.25, 0.3) is 0 Å². The number of nitrogens with one attached hydrogen (secondary N) is 1. The summed E-state index contributed by atoms with van der Waals surface area (Å²) in [5, 5.41) is 3.13. The van der Waals surface area contributed by atoms with Crippen molar-refractivity contribution in [3.05, 3.63) is 17.6 Å². The van der Waals surface area contributed by atoms with E-state index in [0.717, 1.165) is 23.3 Å². The van der Waals surface area contributed by atoms with Gasteiger partial charge in [-0.1, -0.05) is 20.8 Å². The summed E-state index contributed by atoms with van der Waals surface area (Å²) in [6.45, 7) is 7.61. The quantitative estimate of drug-likeness (QED) is 0.911. The summed E-state index contributed by atoms with van der Waals surface area (Å²) < 4.78 is 5.21. The first-order chi connectivity index (χ1) is 9.94. The van der Waals surface area contributed by atoms with E-state index in [-0.39, 0.29) is 0 Å². The molecule has 1 aliphatic rings. The lowest BCUT2D eigenvalue weighted by Crippen LogP contribution is -2.26. The second-order valence-corrected chi connectivity index (χ2v) is 7.20. The highest BCUT2D eigenvalue weighted by Gasteiger charge is 2.31. The molecule has 2 rings (SSSR count). The van der Waals surface area contributed by atoms with E-state index in [1.807, 2.05) is 13.1 Å². The normalized spacial score (nSPS) is 23.1. The predicted octanol–water partition coefficient (Wildman–Crippen LogP) is 3.98. The molecule has 1 heterocycles. The second-order valence-electron chi connectivity index (χ2n) is 7.20. The fraction of sp³-hybridized carbons (Fsp3) is 0.765. The highest BCUT2D eigenvalue weighted by atomic mass is 16.5. The summed E-state index contributed by atoms with van der Waals surface area (Å²) in [7, 11) is 3.61. The number of ether oxygens (including phenoxy) is 1. The van der Waals surface area contributed by atoms with Crippen LogP contribution in [0, 0.1) is 11.3 Å². The average molecular weight is 291 g/mol. The van der Waals surface area contributed by atoms with Crippen LogP contribution in [0.1, 0.15) is 63.9 Å². The molecule has 1 saturated carbocycles. The predicted molar refractivity (Wildman–Crippen MR) is 86.4 cm³/mol. The average Bonchev–Trinajstić information content (AvgIpc) is 2.46. The third kappa shape index (κ3) is 4.16. The van der Waals surface area contributed by atoms with Gasteiger partial charge in [0, 0.05) is 26.1 Å². The van der Waals surface area contributed by atoms with E-state index < -0.39 is 0 Å². The molecule has 0 unspecified atom stereocenters. The van der Waals surface area contributed by atoms with E-state index >= 15 is 0 Å². The minimum atomic E-state index is 0.417. The van der Waals surface area contributed by atoms with Crippen LogP contribution >= 0.6 is 0 Å². The van der Waals surface area contributed by atoms with Crippen molar-refractivity contribution in [3.63, 3.8) is 0 Å². The minimum Gasteiger partial charge on any atom is -0.378 e. The van der Waals surface area contributed by atoms with Crippen LogP contribution in [-0.4, -0.2) is 24.1 Å². The lowest BCUT2D eigenvalue weighted by atomic mass is 9.69. The first kappa shape index (κ1) is 16.2. The van der Waals surface area contributed by atoms with Crippen molar-refractivity contribution in [2.24, 2.45) is 11.3 Å². The van der Waals surface area contributed by atoms with E-state index in [0.29, 0.717) is 17.9 Å². The molecule has 0 aromatic carbocycles. The van der Waals surface area contributed by atoms with Crippen molar-refractivity contribution in [1.29, 1.82) is 0 Å². The molecule has 4 nitrogen and oxygen atoms in total. The molecule has 0 spiro atoms. The highest BCUT2D eigenvalue weighted by molar-refractivity contribution is 5.35. The largest absolute Gasteiger partial charge is 0.378 e. The zero-order chi connectivity index (χ0) is 15.5. The molecular weight excluding hydrogens is 262 g/mol. The molecule has 0 radical (unpaired) electrons. The maximum atomic E-state index is 5.21. The van der Waals surface area contributed by atoms with Crippen molar-refractivity contribution in [2.75, 3.05) is 19.5 Å². The van der Waals surface area contributed by atoms with E-state index in [9.17, 15) is 0 Å². The monoisotopic (exact) mass is 291 g/mol. The summed E-state index contributed by atoms with van der Waals surface area (Å²) in [4.78, 5) is 9.37. The molecule has 0 saturated heterocycles. The number of hydrogen-bond donors (Lipinski definition) is 1. The van der Waals surface area contributed by atoms with Crippen LogP contribution in [0.3, 0.4) is 0 Å². The van der Waals surface area contributed by atoms with Crippen molar-refractivity contribution < 1.29 is 4.74 Å². The molecule has 0 aliphatic heterocycles. The smallest absolute Gasteiger partial charge is 0.134 e. The summed E-state index contributed by atoms with van der Waals surface area (Å²) in [6, 6.07) is 1.97. The molecule has 0 bridgehead atoms. The second kappa shape index (κ2) is 6.73. The number of methoxy groups -OCH3 is 1. The van der Waals surface area contributed by atoms with Crippen LogP contribution in [0.4, 0.5) is 5.82 Å². The fourth-order valence-corrected chi connectivity index (χ4v) is 3.27. The Bertz CT molecular complexity index is 460. The lowest BCUT2D eigenvalue weighted by molar-refractivity contribution is 0.166. The van der Waals surface area contributed by atoms with E-state index in [2.05, 4.69) is 31.1 Å². The molecule has 1 fully saturated rings. The standard InChI is InChI=1S/C17H29N3O/c1-17(2,3)13-8-6-12(7-9-13)16-19-14(11-21-5)10-15(18-4)20-16/h10,12-13H,6-9,11H2,1-5H3,(H,18,19,20). The van der Waals surface area contributed by atoms with Gasteiger partial charge in [-0.3, -0.25) is 0 Å². The van der Waals surface area contributed by atoms with Gasteiger partial charge in [0.15, 0.2) is 0 Å². The van der Waals surface area contributed by atoms with Gasteiger partial charge in [-0.2, -0.15) is 0 Å². The first-order valence-corrected chi connectivity index (χ1v) is 7.98. The Hall–Kier alpha value is -1.16. The maximum Gasteiger partial charge on any atom is 0.134 e. The van der Waals surface area contributed by atoms with Crippen LogP contribution in [0.5, 0.6) is 0 Å². The Morgan fingerprint density at radius 2 is 1.86 bits per heavy atom. The number of rotatable bonds is 4. The molecule has 1 aliphatic carbocycles. The summed E-state index contributed by atoms with van der Waals surface area (Å²) in [5.74, 6) is 3.19. The first-order valence-electron chi connectivity index (χ1n) is 7.98. The van der Waals surface area contributed by atoms with Gasteiger partial charge in [0.2, 0.25) is 0 Å². The van der Waals surface area contributed by atoms with Crippen molar-refractivity contribution in [3.8, 4) is 0 Å². The number of anilines is 1. The van der Waals surface area contributed by atoms with Gasteiger partial charge >= 0.3 is 0 Å². The van der Waals surface area contributed by atoms with Gasteiger partial charge in [0.05, 0.1) is 12.3 Å². The molecule has 118 valence electrons. The van der Waals surface area contributed by atoms with Crippen LogP contribution in [0.2, 0.25) is 0 Å². The summed E-state index contributed by atoms with van der Waals surface area (Å²) >= 11 is 0.